The molecule has 30 heavy (non-hydrogen) atoms. The van der Waals surface area contributed by atoms with Crippen molar-refractivity contribution in [2.24, 2.45) is 0 Å². The van der Waals surface area contributed by atoms with E-state index in [-0.39, 0.29) is 11.8 Å². The summed E-state index contributed by atoms with van der Waals surface area (Å²) in [7, 11) is 0. The van der Waals surface area contributed by atoms with Crippen LogP contribution in [0.1, 0.15) is 34.0 Å². The van der Waals surface area contributed by atoms with Gasteiger partial charge < -0.3 is 9.80 Å². The van der Waals surface area contributed by atoms with Crippen molar-refractivity contribution in [1.82, 2.24) is 14.8 Å². The number of hydrogen-bond acceptors (Lipinski definition) is 3. The number of rotatable bonds is 2. The van der Waals surface area contributed by atoms with Crippen LogP contribution in [-0.4, -0.2) is 52.8 Å². The average molecular weight is 402 g/mol. The van der Waals surface area contributed by atoms with Crippen LogP contribution < -0.4 is 0 Å². The molecule has 2 heterocycles. The lowest BCUT2D eigenvalue weighted by Gasteiger charge is -2.34. The van der Waals surface area contributed by atoms with Crippen LogP contribution in [-0.2, 0) is 4.79 Å². The van der Waals surface area contributed by atoms with Crippen LogP contribution in [0.2, 0.25) is 0 Å². The molecular formula is C25H27N3O2. The van der Waals surface area contributed by atoms with Gasteiger partial charge in [0.05, 0.1) is 16.8 Å². The van der Waals surface area contributed by atoms with Crippen molar-refractivity contribution in [3.8, 4) is 11.3 Å². The van der Waals surface area contributed by atoms with Gasteiger partial charge >= 0.3 is 0 Å². The van der Waals surface area contributed by atoms with E-state index in [4.69, 9.17) is 4.98 Å². The van der Waals surface area contributed by atoms with Crippen molar-refractivity contribution < 1.29 is 9.59 Å². The fraction of sp³-hybridized carbons (Fsp3) is 0.320. The number of nitrogens with zero attached hydrogens (tertiary/aromatic N) is 3. The van der Waals surface area contributed by atoms with Crippen molar-refractivity contribution in [3.63, 3.8) is 0 Å². The highest BCUT2D eigenvalue weighted by molar-refractivity contribution is 6.07. The zero-order chi connectivity index (χ0) is 21.4. The van der Waals surface area contributed by atoms with Gasteiger partial charge in [-0.25, -0.2) is 4.98 Å². The van der Waals surface area contributed by atoms with Crippen LogP contribution in [0.15, 0.2) is 42.5 Å². The van der Waals surface area contributed by atoms with Gasteiger partial charge in [0.1, 0.15) is 0 Å². The average Bonchev–Trinajstić information content (AvgIpc) is 2.74. The molecule has 0 N–H and O–H groups in total. The van der Waals surface area contributed by atoms with Gasteiger partial charge in [-0.1, -0.05) is 23.8 Å². The molecule has 1 saturated heterocycles. The number of piperazine rings is 1. The maximum Gasteiger partial charge on any atom is 0.254 e. The molecule has 0 spiro atoms. The van der Waals surface area contributed by atoms with Gasteiger partial charge in [-0.2, -0.15) is 0 Å². The topological polar surface area (TPSA) is 53.5 Å². The summed E-state index contributed by atoms with van der Waals surface area (Å²) in [5.41, 5.74) is 6.84. The van der Waals surface area contributed by atoms with E-state index < -0.39 is 0 Å². The molecule has 5 nitrogen and oxygen atoms in total. The summed E-state index contributed by atoms with van der Waals surface area (Å²) in [5.74, 6) is 0.0606. The van der Waals surface area contributed by atoms with Crippen LogP contribution in [0.3, 0.4) is 0 Å². The largest absolute Gasteiger partial charge is 0.339 e. The molecule has 0 atom stereocenters. The predicted molar refractivity (Wildman–Crippen MR) is 120 cm³/mol. The molecule has 4 rings (SSSR count). The second-order valence-corrected chi connectivity index (χ2v) is 8.17. The summed E-state index contributed by atoms with van der Waals surface area (Å²) < 4.78 is 0. The molecule has 0 radical (unpaired) electrons. The molecule has 0 aliphatic carbocycles. The molecule has 1 fully saturated rings. The van der Waals surface area contributed by atoms with Gasteiger partial charge in [0.25, 0.3) is 5.91 Å². The monoisotopic (exact) mass is 401 g/mol. The number of carbonyl (C=O) groups excluding carboxylic acids is 2. The van der Waals surface area contributed by atoms with Crippen molar-refractivity contribution in [3.05, 3.63) is 64.7 Å². The molecule has 5 heteroatoms. The molecular weight excluding hydrogens is 374 g/mol. The molecule has 0 bridgehead atoms. The highest BCUT2D eigenvalue weighted by atomic mass is 16.2. The van der Waals surface area contributed by atoms with Gasteiger partial charge in [-0.15, -0.1) is 0 Å². The lowest BCUT2D eigenvalue weighted by atomic mass is 9.99. The molecule has 2 amide bonds. The minimum Gasteiger partial charge on any atom is -0.339 e. The summed E-state index contributed by atoms with van der Waals surface area (Å²) in [6.07, 6.45) is 0. The summed E-state index contributed by atoms with van der Waals surface area (Å²) in [6.45, 7) is 10.0. The Kier molecular flexibility index (Phi) is 5.29. The van der Waals surface area contributed by atoms with Crippen molar-refractivity contribution in [1.29, 1.82) is 0 Å². The van der Waals surface area contributed by atoms with E-state index in [9.17, 15) is 9.59 Å². The smallest absolute Gasteiger partial charge is 0.254 e. The minimum atomic E-state index is 0.00119. The Bertz CT molecular complexity index is 1140. The standard InChI is InChI=1S/C25H27N3O2/c1-16-5-8-23-21(13-16)22(25(30)28-11-9-27(10-12-28)19(4)29)15-24(26-23)20-7-6-17(2)18(3)14-20/h5-8,13-15H,9-12H2,1-4H3. The number of pyridine rings is 1. The Morgan fingerprint density at radius 3 is 2.20 bits per heavy atom. The summed E-state index contributed by atoms with van der Waals surface area (Å²) in [4.78, 5) is 33.6. The number of fused-ring (bicyclic) bond motifs is 1. The Balaban J connectivity index is 1.77. The molecule has 3 aromatic rings. The van der Waals surface area contributed by atoms with E-state index in [1.807, 2.05) is 36.1 Å². The number of carbonyl (C=O) groups is 2. The Morgan fingerprint density at radius 1 is 0.833 bits per heavy atom. The van der Waals surface area contributed by atoms with Gasteiger partial charge in [-0.05, 0) is 56.2 Å². The fourth-order valence-corrected chi connectivity index (χ4v) is 3.96. The minimum absolute atomic E-state index is 0.00119. The van der Waals surface area contributed by atoms with Crippen LogP contribution in [0.25, 0.3) is 22.2 Å². The van der Waals surface area contributed by atoms with E-state index in [0.29, 0.717) is 31.7 Å². The van der Waals surface area contributed by atoms with E-state index in [2.05, 4.69) is 32.0 Å². The molecule has 154 valence electrons. The van der Waals surface area contributed by atoms with Crippen LogP contribution in [0.4, 0.5) is 0 Å². The van der Waals surface area contributed by atoms with Crippen LogP contribution >= 0.6 is 0 Å². The molecule has 1 aliphatic rings. The zero-order valence-electron chi connectivity index (χ0n) is 18.0. The molecule has 2 aromatic carbocycles. The number of amides is 2. The highest BCUT2D eigenvalue weighted by Gasteiger charge is 2.25. The molecule has 0 saturated carbocycles. The van der Waals surface area contributed by atoms with Gasteiger partial charge in [-0.3, -0.25) is 9.59 Å². The molecule has 0 unspecified atom stereocenters. The first-order chi connectivity index (χ1) is 14.3. The van der Waals surface area contributed by atoms with Crippen LogP contribution in [0.5, 0.6) is 0 Å². The first-order valence-corrected chi connectivity index (χ1v) is 10.4. The quantitative estimate of drug-likeness (QED) is 0.649. The lowest BCUT2D eigenvalue weighted by Crippen LogP contribution is -2.50. The first-order valence-electron chi connectivity index (χ1n) is 10.4. The third kappa shape index (κ3) is 3.80. The van der Waals surface area contributed by atoms with Gasteiger partial charge in [0, 0.05) is 44.1 Å². The Hall–Kier alpha value is -3.21. The predicted octanol–water partition coefficient (Wildman–Crippen LogP) is 4.13. The Morgan fingerprint density at radius 2 is 1.53 bits per heavy atom. The molecule has 1 aromatic heterocycles. The van der Waals surface area contributed by atoms with Crippen molar-refractivity contribution in [2.75, 3.05) is 26.2 Å². The summed E-state index contributed by atoms with van der Waals surface area (Å²) >= 11 is 0. The third-order valence-electron chi connectivity index (χ3n) is 6.01. The third-order valence-corrected chi connectivity index (χ3v) is 6.01. The zero-order valence-corrected chi connectivity index (χ0v) is 18.0. The molecule has 1 aliphatic heterocycles. The van der Waals surface area contributed by atoms with E-state index in [0.717, 1.165) is 27.7 Å². The number of aryl methyl sites for hydroxylation is 3. The summed E-state index contributed by atoms with van der Waals surface area (Å²) in [5, 5.41) is 0.876. The van der Waals surface area contributed by atoms with E-state index in [1.54, 1.807) is 11.8 Å². The van der Waals surface area contributed by atoms with Gasteiger partial charge in [0.15, 0.2) is 0 Å². The fourth-order valence-electron chi connectivity index (χ4n) is 3.96. The first kappa shape index (κ1) is 20.1. The van der Waals surface area contributed by atoms with E-state index >= 15 is 0 Å². The highest BCUT2D eigenvalue weighted by Crippen LogP contribution is 2.28. The van der Waals surface area contributed by atoms with Crippen molar-refractivity contribution in [2.45, 2.75) is 27.7 Å². The maximum atomic E-state index is 13.5. The maximum absolute atomic E-state index is 13.5. The lowest BCUT2D eigenvalue weighted by molar-refractivity contribution is -0.130. The Labute approximate surface area is 177 Å². The second-order valence-electron chi connectivity index (χ2n) is 8.17. The van der Waals surface area contributed by atoms with Gasteiger partial charge in [0.2, 0.25) is 5.91 Å². The SMILES string of the molecule is CC(=O)N1CCN(C(=O)c2cc(-c3ccc(C)c(C)c3)nc3ccc(C)cc23)CC1. The number of aromatic nitrogens is 1. The summed E-state index contributed by atoms with van der Waals surface area (Å²) in [6, 6.07) is 14.2. The van der Waals surface area contributed by atoms with Crippen molar-refractivity contribution >= 4 is 22.7 Å². The number of benzene rings is 2. The van der Waals surface area contributed by atoms with E-state index in [1.165, 1.54) is 11.1 Å². The second kappa shape index (κ2) is 7.90. The normalized spacial score (nSPS) is 14.3. The van der Waals surface area contributed by atoms with Crippen LogP contribution in [0, 0.1) is 20.8 Å². The number of hydrogen-bond donors (Lipinski definition) is 0.